The average molecular weight is 457 g/mol. The van der Waals surface area contributed by atoms with E-state index < -0.39 is 34.8 Å². The van der Waals surface area contributed by atoms with Crippen LogP contribution in [-0.4, -0.2) is 13.3 Å². The van der Waals surface area contributed by atoms with Crippen molar-refractivity contribution in [2.75, 3.05) is 12.5 Å². The summed E-state index contributed by atoms with van der Waals surface area (Å²) in [7, 11) is 1.42. The Kier molecular flexibility index (Phi) is 6.96. The van der Waals surface area contributed by atoms with Gasteiger partial charge in [0.25, 0.3) is 0 Å². The van der Waals surface area contributed by atoms with Crippen molar-refractivity contribution in [2.45, 2.75) is 6.61 Å². The van der Waals surface area contributed by atoms with Gasteiger partial charge < -0.3 is 9.47 Å². The number of rotatable bonds is 7. The fourth-order valence-electron chi connectivity index (χ4n) is 2.50. The lowest BCUT2D eigenvalue weighted by Gasteiger charge is -2.11. The Labute approximate surface area is 178 Å². The highest BCUT2D eigenvalue weighted by Crippen LogP contribution is 2.29. The molecule has 0 aliphatic heterocycles. The Morgan fingerprint density at radius 1 is 0.871 bits per heavy atom. The third-order valence-electron chi connectivity index (χ3n) is 4.10. The number of anilines is 1. The number of halogens is 6. The fraction of sp³-hybridized carbons (Fsp3) is 0.0952. The third kappa shape index (κ3) is 5.05. The van der Waals surface area contributed by atoms with Gasteiger partial charge in [-0.2, -0.15) is 5.10 Å². The van der Waals surface area contributed by atoms with E-state index in [0.717, 1.165) is 11.8 Å². The molecule has 0 atom stereocenters. The molecule has 0 saturated heterocycles. The van der Waals surface area contributed by atoms with Crippen LogP contribution in [0.5, 0.6) is 11.5 Å². The van der Waals surface area contributed by atoms with Crippen LogP contribution in [0.15, 0.2) is 47.6 Å². The second-order valence-electron chi connectivity index (χ2n) is 6.14. The number of nitrogens with zero attached hydrogens (tertiary/aromatic N) is 1. The molecule has 31 heavy (non-hydrogen) atoms. The van der Waals surface area contributed by atoms with Crippen molar-refractivity contribution in [1.29, 1.82) is 0 Å². The van der Waals surface area contributed by atoms with Crippen molar-refractivity contribution in [2.24, 2.45) is 5.10 Å². The van der Waals surface area contributed by atoms with E-state index in [-0.39, 0.29) is 6.61 Å². The van der Waals surface area contributed by atoms with E-state index >= 15 is 0 Å². The Hall–Kier alpha value is -3.33. The van der Waals surface area contributed by atoms with E-state index in [1.165, 1.54) is 13.2 Å². The van der Waals surface area contributed by atoms with Crippen molar-refractivity contribution >= 4 is 23.5 Å². The minimum absolute atomic E-state index is 0.253. The molecule has 0 aliphatic rings. The standard InChI is InChI=1S/C21H14ClF5N2O2/c1-30-15-8-12(4-7-14(15)31-10-11-2-5-13(22)6-3-11)9-28-29-21-19(26)17(24)16(23)18(25)20(21)27/h2-9,29H,10H2,1H3/b28-9-. The molecule has 3 aromatic carbocycles. The Morgan fingerprint density at radius 2 is 1.48 bits per heavy atom. The van der Waals surface area contributed by atoms with Gasteiger partial charge in [-0.1, -0.05) is 23.7 Å². The molecule has 10 heteroatoms. The van der Waals surface area contributed by atoms with Crippen molar-refractivity contribution in [3.05, 3.63) is 87.7 Å². The predicted molar refractivity (Wildman–Crippen MR) is 106 cm³/mol. The molecular weight excluding hydrogens is 443 g/mol. The van der Waals surface area contributed by atoms with Crippen molar-refractivity contribution in [1.82, 2.24) is 0 Å². The second kappa shape index (κ2) is 9.65. The first-order valence-corrected chi connectivity index (χ1v) is 9.05. The van der Waals surface area contributed by atoms with Crippen LogP contribution in [0, 0.1) is 29.1 Å². The second-order valence-corrected chi connectivity index (χ2v) is 6.58. The number of ether oxygens (including phenoxy) is 2. The molecule has 1 N–H and O–H groups in total. The first-order chi connectivity index (χ1) is 14.8. The maximum Gasteiger partial charge on any atom is 0.200 e. The van der Waals surface area contributed by atoms with Crippen LogP contribution >= 0.6 is 11.6 Å². The molecular formula is C21H14ClF5N2O2. The first kappa shape index (κ1) is 22.4. The number of hydrazone groups is 1. The van der Waals surface area contributed by atoms with Gasteiger partial charge in [-0.05, 0) is 41.5 Å². The van der Waals surface area contributed by atoms with Crippen LogP contribution in [0.25, 0.3) is 0 Å². The zero-order valence-corrected chi connectivity index (χ0v) is 16.6. The Morgan fingerprint density at radius 3 is 2.10 bits per heavy atom. The zero-order chi connectivity index (χ0) is 22.5. The van der Waals surface area contributed by atoms with Gasteiger partial charge in [-0.3, -0.25) is 5.43 Å². The van der Waals surface area contributed by atoms with E-state index in [4.69, 9.17) is 21.1 Å². The van der Waals surface area contributed by atoms with Gasteiger partial charge >= 0.3 is 0 Å². The molecule has 4 nitrogen and oxygen atoms in total. The first-order valence-electron chi connectivity index (χ1n) is 8.67. The summed E-state index contributed by atoms with van der Waals surface area (Å²) in [5.74, 6) is -9.66. The van der Waals surface area contributed by atoms with Gasteiger partial charge in [-0.25, -0.2) is 22.0 Å². The minimum Gasteiger partial charge on any atom is -0.493 e. The predicted octanol–water partition coefficient (Wildman–Crippen LogP) is 6.07. The molecule has 3 aromatic rings. The molecule has 0 bridgehead atoms. The van der Waals surface area contributed by atoms with Crippen molar-refractivity contribution < 1.29 is 31.4 Å². The lowest BCUT2D eigenvalue weighted by Crippen LogP contribution is -2.06. The molecule has 0 fully saturated rings. The number of hydrogen-bond donors (Lipinski definition) is 1. The highest BCUT2D eigenvalue weighted by molar-refractivity contribution is 6.30. The van der Waals surface area contributed by atoms with Crippen LogP contribution in [0.3, 0.4) is 0 Å². The lowest BCUT2D eigenvalue weighted by atomic mass is 10.2. The van der Waals surface area contributed by atoms with E-state index in [1.807, 2.05) is 5.43 Å². The average Bonchev–Trinajstić information content (AvgIpc) is 2.78. The van der Waals surface area contributed by atoms with E-state index in [0.29, 0.717) is 22.1 Å². The molecule has 0 aromatic heterocycles. The van der Waals surface area contributed by atoms with E-state index in [2.05, 4.69) is 5.10 Å². The molecule has 0 heterocycles. The summed E-state index contributed by atoms with van der Waals surface area (Å²) in [6.45, 7) is 0.253. The van der Waals surface area contributed by atoms with E-state index in [9.17, 15) is 22.0 Å². The quantitative estimate of drug-likeness (QED) is 0.154. The molecule has 0 radical (unpaired) electrons. The van der Waals surface area contributed by atoms with Crippen LogP contribution in [0.2, 0.25) is 5.02 Å². The van der Waals surface area contributed by atoms with Gasteiger partial charge in [0.1, 0.15) is 12.3 Å². The van der Waals surface area contributed by atoms with Crippen LogP contribution in [0.1, 0.15) is 11.1 Å². The third-order valence-corrected chi connectivity index (χ3v) is 4.35. The normalized spacial score (nSPS) is 11.1. The van der Waals surface area contributed by atoms with Crippen molar-refractivity contribution in [3.8, 4) is 11.5 Å². The summed E-state index contributed by atoms with van der Waals surface area (Å²) in [6.07, 6.45) is 1.11. The summed E-state index contributed by atoms with van der Waals surface area (Å²) >= 11 is 5.84. The summed E-state index contributed by atoms with van der Waals surface area (Å²) < 4.78 is 77.8. The molecule has 0 aliphatic carbocycles. The number of benzene rings is 3. The van der Waals surface area contributed by atoms with Gasteiger partial charge in [0.05, 0.1) is 13.3 Å². The van der Waals surface area contributed by atoms with Gasteiger partial charge in [0.15, 0.2) is 34.8 Å². The monoisotopic (exact) mass is 456 g/mol. The Bertz CT molecular complexity index is 1090. The smallest absolute Gasteiger partial charge is 0.200 e. The highest BCUT2D eigenvalue weighted by Gasteiger charge is 2.25. The summed E-state index contributed by atoms with van der Waals surface area (Å²) in [5, 5.41) is 4.13. The largest absolute Gasteiger partial charge is 0.493 e. The molecule has 3 rings (SSSR count). The van der Waals surface area contributed by atoms with Crippen molar-refractivity contribution in [3.63, 3.8) is 0 Å². The number of hydrogen-bond acceptors (Lipinski definition) is 4. The fourth-order valence-corrected chi connectivity index (χ4v) is 2.63. The molecule has 0 spiro atoms. The molecule has 0 amide bonds. The zero-order valence-electron chi connectivity index (χ0n) is 15.9. The highest BCUT2D eigenvalue weighted by atomic mass is 35.5. The van der Waals surface area contributed by atoms with Crippen LogP contribution in [0.4, 0.5) is 27.6 Å². The maximum atomic E-state index is 13.6. The van der Waals surface area contributed by atoms with Gasteiger partial charge in [0.2, 0.25) is 5.82 Å². The van der Waals surface area contributed by atoms with Crippen LogP contribution < -0.4 is 14.9 Å². The summed E-state index contributed by atoms with van der Waals surface area (Å²) in [5.41, 5.74) is 1.86. The Balaban J connectivity index is 1.73. The minimum atomic E-state index is -2.25. The van der Waals surface area contributed by atoms with Gasteiger partial charge in [0, 0.05) is 5.02 Å². The summed E-state index contributed by atoms with van der Waals surface area (Å²) in [6, 6.07) is 11.7. The molecule has 0 saturated carbocycles. The molecule has 162 valence electrons. The number of methoxy groups -OCH3 is 1. The topological polar surface area (TPSA) is 42.8 Å². The number of nitrogens with one attached hydrogen (secondary N) is 1. The summed E-state index contributed by atoms with van der Waals surface area (Å²) in [4.78, 5) is 0. The van der Waals surface area contributed by atoms with E-state index in [1.54, 1.807) is 36.4 Å². The lowest BCUT2D eigenvalue weighted by molar-refractivity contribution is 0.284. The van der Waals surface area contributed by atoms with Gasteiger partial charge in [-0.15, -0.1) is 0 Å². The molecule has 0 unspecified atom stereocenters. The van der Waals surface area contributed by atoms with Crippen LogP contribution in [-0.2, 0) is 6.61 Å². The maximum absolute atomic E-state index is 13.6. The SMILES string of the molecule is COc1cc(/C=N\Nc2c(F)c(F)c(F)c(F)c2F)ccc1OCc1ccc(Cl)cc1.